The van der Waals surface area contributed by atoms with Gasteiger partial charge in [-0.15, -0.1) is 11.3 Å². The predicted octanol–water partition coefficient (Wildman–Crippen LogP) is 3.17. The Morgan fingerprint density at radius 2 is 2.19 bits per heavy atom. The summed E-state index contributed by atoms with van der Waals surface area (Å²) in [4.78, 5) is 13.4. The van der Waals surface area contributed by atoms with Crippen molar-refractivity contribution in [3.63, 3.8) is 0 Å². The number of nitrogens with zero attached hydrogens (tertiary/aromatic N) is 1. The number of carbonyl (C=O) groups is 1. The summed E-state index contributed by atoms with van der Waals surface area (Å²) in [5.74, 6) is -0.884. The molecule has 1 atom stereocenters. The molecule has 0 aliphatic heterocycles. The molecule has 16 heavy (non-hydrogen) atoms. The van der Waals surface area contributed by atoms with Crippen LogP contribution in [0.3, 0.4) is 0 Å². The number of rotatable bonds is 3. The van der Waals surface area contributed by atoms with E-state index in [-0.39, 0.29) is 6.04 Å². The van der Waals surface area contributed by atoms with Gasteiger partial charge in [-0.05, 0) is 38.1 Å². The predicted molar refractivity (Wildman–Crippen MR) is 64.3 cm³/mol. The summed E-state index contributed by atoms with van der Waals surface area (Å²) in [5.41, 5.74) is 0.332. The molecule has 0 aliphatic rings. The van der Waals surface area contributed by atoms with E-state index in [4.69, 9.17) is 5.11 Å². The molecule has 0 fully saturated rings. The van der Waals surface area contributed by atoms with Crippen LogP contribution in [0, 0.1) is 6.92 Å². The number of hydrogen-bond donors (Lipinski definition) is 1. The van der Waals surface area contributed by atoms with Gasteiger partial charge in [0.2, 0.25) is 0 Å². The zero-order valence-corrected chi connectivity index (χ0v) is 9.99. The van der Waals surface area contributed by atoms with E-state index in [0.717, 1.165) is 0 Å². The maximum Gasteiger partial charge on any atom is 0.352 e. The molecule has 2 rings (SSSR count). The monoisotopic (exact) mass is 235 g/mol. The highest BCUT2D eigenvalue weighted by atomic mass is 32.1. The molecule has 0 bridgehead atoms. The third kappa shape index (κ3) is 1.88. The van der Waals surface area contributed by atoms with Crippen LogP contribution in [0.2, 0.25) is 0 Å². The smallest absolute Gasteiger partial charge is 0.352 e. The van der Waals surface area contributed by atoms with Crippen LogP contribution in [-0.2, 0) is 0 Å². The van der Waals surface area contributed by atoms with Crippen molar-refractivity contribution in [1.82, 2.24) is 4.57 Å². The van der Waals surface area contributed by atoms with E-state index in [1.54, 1.807) is 28.0 Å². The van der Waals surface area contributed by atoms with E-state index in [2.05, 4.69) is 19.1 Å². The summed E-state index contributed by atoms with van der Waals surface area (Å²) in [6.07, 6.45) is 1.81. The lowest BCUT2D eigenvalue weighted by molar-refractivity contribution is 0.0684. The number of hydrogen-bond acceptors (Lipinski definition) is 2. The standard InChI is InChI=1S/C12H13NO2S/c1-8-5-6-11(16-8)9(2)13-7-3-4-10(13)12(14)15/h3-7,9H,1-2H3,(H,14,15). The Hall–Kier alpha value is -1.55. The summed E-state index contributed by atoms with van der Waals surface area (Å²) in [6, 6.07) is 7.57. The van der Waals surface area contributed by atoms with Gasteiger partial charge in [0, 0.05) is 16.0 Å². The first-order valence-electron chi connectivity index (χ1n) is 5.06. The highest BCUT2D eigenvalue weighted by Crippen LogP contribution is 2.26. The van der Waals surface area contributed by atoms with Gasteiger partial charge in [0.05, 0.1) is 6.04 Å². The zero-order chi connectivity index (χ0) is 11.7. The fourth-order valence-electron chi connectivity index (χ4n) is 1.73. The fraction of sp³-hybridized carbons (Fsp3) is 0.250. The fourth-order valence-corrected chi connectivity index (χ4v) is 2.66. The first-order valence-corrected chi connectivity index (χ1v) is 5.87. The molecule has 0 aliphatic carbocycles. The van der Waals surface area contributed by atoms with Gasteiger partial charge in [-0.2, -0.15) is 0 Å². The molecule has 3 nitrogen and oxygen atoms in total. The highest BCUT2D eigenvalue weighted by Gasteiger charge is 2.16. The molecule has 84 valence electrons. The lowest BCUT2D eigenvalue weighted by atomic mass is 10.2. The number of aryl methyl sites for hydroxylation is 1. The minimum absolute atomic E-state index is 0.0693. The van der Waals surface area contributed by atoms with Crippen LogP contribution in [0.5, 0.6) is 0 Å². The normalized spacial score (nSPS) is 12.6. The molecule has 0 aromatic carbocycles. The Balaban J connectivity index is 2.37. The van der Waals surface area contributed by atoms with Crippen molar-refractivity contribution in [2.24, 2.45) is 0 Å². The van der Waals surface area contributed by atoms with Crippen molar-refractivity contribution in [2.45, 2.75) is 19.9 Å². The number of thiophene rings is 1. The maximum absolute atomic E-state index is 11.0. The van der Waals surface area contributed by atoms with E-state index in [1.807, 2.05) is 13.1 Å². The summed E-state index contributed by atoms with van der Waals surface area (Å²) in [6.45, 7) is 4.06. The molecule has 1 N–H and O–H groups in total. The first-order chi connectivity index (χ1) is 7.59. The lowest BCUT2D eigenvalue weighted by Crippen LogP contribution is -2.11. The molecule has 0 saturated carbocycles. The van der Waals surface area contributed by atoms with Crippen LogP contribution in [-0.4, -0.2) is 15.6 Å². The van der Waals surface area contributed by atoms with Gasteiger partial charge in [0.1, 0.15) is 5.69 Å². The molecule has 2 aromatic rings. The third-order valence-corrected chi connectivity index (χ3v) is 3.76. The van der Waals surface area contributed by atoms with E-state index in [9.17, 15) is 4.79 Å². The maximum atomic E-state index is 11.0. The van der Waals surface area contributed by atoms with Crippen molar-refractivity contribution < 1.29 is 9.90 Å². The second-order valence-electron chi connectivity index (χ2n) is 3.73. The van der Waals surface area contributed by atoms with Crippen LogP contribution in [0.4, 0.5) is 0 Å². The molecule has 0 amide bonds. The van der Waals surface area contributed by atoms with Crippen molar-refractivity contribution in [1.29, 1.82) is 0 Å². The number of aromatic nitrogens is 1. The highest BCUT2D eigenvalue weighted by molar-refractivity contribution is 7.12. The summed E-state index contributed by atoms with van der Waals surface area (Å²) in [5, 5.41) is 9.04. The molecular formula is C12H13NO2S. The average molecular weight is 235 g/mol. The summed E-state index contributed by atoms with van der Waals surface area (Å²) >= 11 is 1.70. The summed E-state index contributed by atoms with van der Waals surface area (Å²) in [7, 11) is 0. The first kappa shape index (κ1) is 11.0. The quantitative estimate of drug-likeness (QED) is 0.887. The third-order valence-electron chi connectivity index (χ3n) is 2.59. The van der Waals surface area contributed by atoms with E-state index >= 15 is 0 Å². The Labute approximate surface area is 98.0 Å². The molecule has 0 radical (unpaired) electrons. The van der Waals surface area contributed by atoms with Crippen LogP contribution < -0.4 is 0 Å². The average Bonchev–Trinajstić information content (AvgIpc) is 2.84. The van der Waals surface area contributed by atoms with Gasteiger partial charge >= 0.3 is 5.97 Å². The van der Waals surface area contributed by atoms with Crippen LogP contribution in [0.1, 0.15) is 33.2 Å². The lowest BCUT2D eigenvalue weighted by Gasteiger charge is -2.14. The molecule has 1 unspecified atom stereocenters. The van der Waals surface area contributed by atoms with Gasteiger partial charge in [0.15, 0.2) is 0 Å². The molecule has 4 heteroatoms. The molecule has 2 heterocycles. The van der Waals surface area contributed by atoms with E-state index in [0.29, 0.717) is 5.69 Å². The van der Waals surface area contributed by atoms with Crippen LogP contribution in [0.25, 0.3) is 0 Å². The van der Waals surface area contributed by atoms with Crippen molar-refractivity contribution in [2.75, 3.05) is 0 Å². The van der Waals surface area contributed by atoms with Gasteiger partial charge in [-0.25, -0.2) is 4.79 Å². The minimum Gasteiger partial charge on any atom is -0.477 e. The summed E-state index contributed by atoms with van der Waals surface area (Å²) < 4.78 is 1.79. The Bertz CT molecular complexity index is 513. The van der Waals surface area contributed by atoms with Gasteiger partial charge in [0.25, 0.3) is 0 Å². The van der Waals surface area contributed by atoms with E-state index < -0.39 is 5.97 Å². The molecule has 0 spiro atoms. The molecule has 0 saturated heterocycles. The van der Waals surface area contributed by atoms with Crippen LogP contribution in [0.15, 0.2) is 30.5 Å². The van der Waals surface area contributed by atoms with Crippen LogP contribution >= 0.6 is 11.3 Å². The van der Waals surface area contributed by atoms with Crippen molar-refractivity contribution >= 4 is 17.3 Å². The van der Waals surface area contributed by atoms with Crippen molar-refractivity contribution in [3.8, 4) is 0 Å². The second-order valence-corrected chi connectivity index (χ2v) is 5.05. The van der Waals surface area contributed by atoms with Gasteiger partial charge in [-0.1, -0.05) is 0 Å². The topological polar surface area (TPSA) is 42.2 Å². The Morgan fingerprint density at radius 3 is 2.75 bits per heavy atom. The zero-order valence-electron chi connectivity index (χ0n) is 9.18. The minimum atomic E-state index is -0.884. The SMILES string of the molecule is Cc1ccc(C(C)n2cccc2C(=O)O)s1. The number of carboxylic acids is 1. The number of carboxylic acid groups (broad SMARTS) is 1. The van der Waals surface area contributed by atoms with Crippen molar-refractivity contribution in [3.05, 3.63) is 45.9 Å². The second kappa shape index (κ2) is 4.14. The Morgan fingerprint density at radius 1 is 1.44 bits per heavy atom. The van der Waals surface area contributed by atoms with Gasteiger partial charge in [-0.3, -0.25) is 0 Å². The Kier molecular flexibility index (Phi) is 2.83. The molecular weight excluding hydrogens is 222 g/mol. The molecule has 2 aromatic heterocycles. The van der Waals surface area contributed by atoms with Gasteiger partial charge < -0.3 is 9.67 Å². The van der Waals surface area contributed by atoms with E-state index in [1.165, 1.54) is 9.75 Å². The largest absolute Gasteiger partial charge is 0.477 e. The number of aromatic carboxylic acids is 1.